The van der Waals surface area contributed by atoms with Crippen molar-refractivity contribution in [1.82, 2.24) is 5.32 Å². The van der Waals surface area contributed by atoms with Crippen molar-refractivity contribution < 1.29 is 23.9 Å². The Morgan fingerprint density at radius 3 is 2.26 bits per heavy atom. The number of halogens is 1. The summed E-state index contributed by atoms with van der Waals surface area (Å²) in [7, 11) is 0. The highest BCUT2D eigenvalue weighted by Gasteiger charge is 2.37. The van der Waals surface area contributed by atoms with E-state index in [9.17, 15) is 14.4 Å². The van der Waals surface area contributed by atoms with E-state index in [0.29, 0.717) is 30.0 Å². The number of benzene rings is 2. The van der Waals surface area contributed by atoms with Gasteiger partial charge in [0.25, 0.3) is 5.91 Å². The summed E-state index contributed by atoms with van der Waals surface area (Å²) in [6, 6.07) is 10.9. The molecule has 2 N–H and O–H groups in total. The number of ether oxygens (including phenoxy) is 2. The Hall–Kier alpha value is -2.87. The maximum Gasteiger partial charge on any atom is 0.342 e. The van der Waals surface area contributed by atoms with Gasteiger partial charge in [0.15, 0.2) is 0 Å². The van der Waals surface area contributed by atoms with Crippen LogP contribution in [0, 0.1) is 0 Å². The van der Waals surface area contributed by atoms with Crippen LogP contribution in [0.2, 0.25) is 0 Å². The first kappa shape index (κ1) is 30.7. The number of hydrogen-bond acceptors (Lipinski definition) is 5. The average molecular weight is 602 g/mol. The Morgan fingerprint density at radius 2 is 1.62 bits per heavy atom. The van der Waals surface area contributed by atoms with E-state index < -0.39 is 11.6 Å². The van der Waals surface area contributed by atoms with Gasteiger partial charge in [-0.2, -0.15) is 0 Å². The molecule has 7 nitrogen and oxygen atoms in total. The van der Waals surface area contributed by atoms with Crippen molar-refractivity contribution in [2.45, 2.75) is 84.2 Å². The number of fused-ring (bicyclic) bond motifs is 1. The van der Waals surface area contributed by atoms with Gasteiger partial charge in [0.1, 0.15) is 16.9 Å². The zero-order chi connectivity index (χ0) is 29.0. The van der Waals surface area contributed by atoms with Crippen LogP contribution in [0.3, 0.4) is 0 Å². The van der Waals surface area contributed by atoms with Gasteiger partial charge in [0.05, 0.1) is 11.9 Å². The highest BCUT2D eigenvalue weighted by Crippen LogP contribution is 2.46. The smallest absolute Gasteiger partial charge is 0.342 e. The average Bonchev–Trinajstić information content (AvgIpc) is 2.85. The van der Waals surface area contributed by atoms with Crippen molar-refractivity contribution in [3.63, 3.8) is 0 Å². The van der Waals surface area contributed by atoms with E-state index in [1.165, 1.54) is 11.1 Å². The van der Waals surface area contributed by atoms with Crippen LogP contribution in [0.4, 0.5) is 5.69 Å². The van der Waals surface area contributed by atoms with Crippen molar-refractivity contribution in [2.24, 2.45) is 0 Å². The van der Waals surface area contributed by atoms with E-state index in [1.807, 2.05) is 12.1 Å². The molecule has 2 aromatic rings. The van der Waals surface area contributed by atoms with E-state index in [2.05, 4.69) is 60.3 Å². The number of carbonyl (C=O) groups is 3. The second-order valence-electron chi connectivity index (χ2n) is 12.4. The van der Waals surface area contributed by atoms with Crippen molar-refractivity contribution >= 4 is 39.4 Å². The molecule has 2 aromatic carbocycles. The lowest BCUT2D eigenvalue weighted by molar-refractivity contribution is -0.118. The van der Waals surface area contributed by atoms with Crippen molar-refractivity contribution in [1.29, 1.82) is 0 Å². The molecule has 0 heterocycles. The molecule has 0 radical (unpaired) electrons. The summed E-state index contributed by atoms with van der Waals surface area (Å²) in [5.74, 6) is -0.543. The van der Waals surface area contributed by atoms with E-state index in [4.69, 9.17) is 9.47 Å². The molecule has 0 atom stereocenters. The normalized spacial score (nSPS) is 15.6. The lowest BCUT2D eigenvalue weighted by Crippen LogP contribution is -2.34. The molecule has 1 aliphatic rings. The molecule has 1 aliphatic carbocycles. The van der Waals surface area contributed by atoms with Gasteiger partial charge in [0, 0.05) is 23.9 Å². The fourth-order valence-electron chi connectivity index (χ4n) is 4.68. The first-order chi connectivity index (χ1) is 18.1. The van der Waals surface area contributed by atoms with Crippen LogP contribution in [-0.4, -0.2) is 41.9 Å². The van der Waals surface area contributed by atoms with Gasteiger partial charge in [-0.05, 0) is 86.3 Å². The molecule has 212 valence electrons. The summed E-state index contributed by atoms with van der Waals surface area (Å²) in [6.07, 6.45) is 2.71. The van der Waals surface area contributed by atoms with Gasteiger partial charge < -0.3 is 20.1 Å². The second kappa shape index (κ2) is 12.1. The molecule has 0 unspecified atom stereocenters. The van der Waals surface area contributed by atoms with Gasteiger partial charge in [-0.3, -0.25) is 9.59 Å². The predicted molar refractivity (Wildman–Crippen MR) is 158 cm³/mol. The monoisotopic (exact) mass is 600 g/mol. The molecule has 0 fully saturated rings. The molecule has 0 saturated carbocycles. The molecule has 3 rings (SSSR count). The van der Waals surface area contributed by atoms with Gasteiger partial charge in [0.2, 0.25) is 5.91 Å². The van der Waals surface area contributed by atoms with Gasteiger partial charge in [-0.15, -0.1) is 0 Å². The molecular formula is C31H41BrN2O5. The van der Waals surface area contributed by atoms with Gasteiger partial charge in [-0.1, -0.05) is 49.7 Å². The first-order valence-electron chi connectivity index (χ1n) is 13.4. The second-order valence-corrected chi connectivity index (χ2v) is 12.9. The van der Waals surface area contributed by atoms with Gasteiger partial charge >= 0.3 is 5.97 Å². The molecule has 0 aromatic heterocycles. The summed E-state index contributed by atoms with van der Waals surface area (Å²) in [5, 5.41) is 5.95. The van der Waals surface area contributed by atoms with Crippen molar-refractivity contribution in [2.75, 3.05) is 23.8 Å². The topological polar surface area (TPSA) is 93.7 Å². The highest BCUT2D eigenvalue weighted by molar-refractivity contribution is 9.09. The van der Waals surface area contributed by atoms with Crippen LogP contribution in [0.15, 0.2) is 36.4 Å². The third-order valence-corrected chi connectivity index (χ3v) is 7.50. The number of amides is 2. The Morgan fingerprint density at radius 1 is 0.949 bits per heavy atom. The number of hydrogen-bond donors (Lipinski definition) is 2. The van der Waals surface area contributed by atoms with E-state index >= 15 is 0 Å². The van der Waals surface area contributed by atoms with Crippen LogP contribution >= 0.6 is 15.9 Å². The number of rotatable bonds is 9. The zero-order valence-electron chi connectivity index (χ0n) is 24.1. The standard InChI is InChI=1S/C31H41BrN2O5/c1-29(2,3)39-28(37)22-11-10-21(18-25(22)38-16-8-15-33-26(35)19-32)34-27(36)20-9-12-23-24(17-20)31(6,7)14-13-30(23,4)5/h9-12,17-18H,8,13-16,19H2,1-7H3,(H,33,35)(H,34,36). The largest absolute Gasteiger partial charge is 0.493 e. The zero-order valence-corrected chi connectivity index (χ0v) is 25.7. The minimum absolute atomic E-state index is 0.00873. The quantitative estimate of drug-likeness (QED) is 0.194. The van der Waals surface area contributed by atoms with Gasteiger partial charge in [-0.25, -0.2) is 4.79 Å². The Bertz CT molecular complexity index is 1230. The Kier molecular flexibility index (Phi) is 9.52. The fourth-order valence-corrected chi connectivity index (χ4v) is 4.88. The molecule has 2 amide bonds. The Balaban J connectivity index is 1.81. The lowest BCUT2D eigenvalue weighted by atomic mass is 9.63. The number of esters is 1. The summed E-state index contributed by atoms with van der Waals surface area (Å²) >= 11 is 3.11. The number of alkyl halides is 1. The maximum atomic E-state index is 13.3. The minimum Gasteiger partial charge on any atom is -0.493 e. The lowest BCUT2D eigenvalue weighted by Gasteiger charge is -2.42. The third kappa shape index (κ3) is 8.07. The van der Waals surface area contributed by atoms with Crippen LogP contribution in [0.1, 0.15) is 99.6 Å². The van der Waals surface area contributed by atoms with E-state index in [-0.39, 0.29) is 40.1 Å². The number of anilines is 1. The number of carbonyl (C=O) groups excluding carboxylic acids is 3. The minimum atomic E-state index is -0.671. The summed E-state index contributed by atoms with van der Waals surface area (Å²) in [6.45, 7) is 15.1. The molecule has 8 heteroatoms. The Labute approximate surface area is 240 Å². The van der Waals surface area contributed by atoms with Crippen LogP contribution in [0.5, 0.6) is 5.75 Å². The molecule has 0 bridgehead atoms. The first-order valence-corrected chi connectivity index (χ1v) is 14.5. The highest BCUT2D eigenvalue weighted by atomic mass is 79.9. The van der Waals surface area contributed by atoms with E-state index in [0.717, 1.165) is 12.8 Å². The van der Waals surface area contributed by atoms with Crippen LogP contribution in [-0.2, 0) is 20.4 Å². The van der Waals surface area contributed by atoms with E-state index in [1.54, 1.807) is 39.0 Å². The summed E-state index contributed by atoms with van der Waals surface area (Å²) in [5.41, 5.74) is 3.25. The third-order valence-electron chi connectivity index (χ3n) is 7.00. The van der Waals surface area contributed by atoms with Crippen molar-refractivity contribution in [3.05, 3.63) is 58.7 Å². The van der Waals surface area contributed by atoms with Crippen LogP contribution in [0.25, 0.3) is 0 Å². The molecule has 0 aliphatic heterocycles. The van der Waals surface area contributed by atoms with Crippen molar-refractivity contribution in [3.8, 4) is 5.75 Å². The fraction of sp³-hybridized carbons (Fsp3) is 0.516. The molecule has 0 saturated heterocycles. The SMILES string of the molecule is CC(C)(C)OC(=O)c1ccc(NC(=O)c2ccc3c(c2)C(C)(C)CCC3(C)C)cc1OCCCNC(=O)CBr. The van der Waals surface area contributed by atoms with Crippen LogP contribution < -0.4 is 15.4 Å². The summed E-state index contributed by atoms with van der Waals surface area (Å²) < 4.78 is 11.5. The molecule has 39 heavy (non-hydrogen) atoms. The predicted octanol–water partition coefficient (Wildman–Crippen LogP) is 6.52. The molecule has 0 spiro atoms. The molecular weight excluding hydrogens is 560 g/mol. The summed E-state index contributed by atoms with van der Waals surface area (Å²) in [4.78, 5) is 37.6. The number of nitrogens with one attached hydrogen (secondary N) is 2. The maximum absolute atomic E-state index is 13.3.